The maximum atomic E-state index is 12.1. The molecular weight excluding hydrogens is 318 g/mol. The van der Waals surface area contributed by atoms with Crippen molar-refractivity contribution in [1.82, 2.24) is 20.1 Å². The fourth-order valence-electron chi connectivity index (χ4n) is 2.53. The lowest BCUT2D eigenvalue weighted by molar-refractivity contribution is 0.419. The van der Waals surface area contributed by atoms with Crippen molar-refractivity contribution in [1.29, 1.82) is 0 Å². The highest BCUT2D eigenvalue weighted by Gasteiger charge is 2.12. The van der Waals surface area contributed by atoms with Gasteiger partial charge < -0.3 is 14.8 Å². The van der Waals surface area contributed by atoms with E-state index in [0.29, 0.717) is 29.6 Å². The molecule has 0 aromatic carbocycles. The Balaban J connectivity index is 1.79. The van der Waals surface area contributed by atoms with Crippen LogP contribution in [0, 0.1) is 13.8 Å². The van der Waals surface area contributed by atoms with Crippen molar-refractivity contribution >= 4 is 5.82 Å². The topological polar surface area (TPSA) is 96.7 Å². The van der Waals surface area contributed by atoms with Crippen LogP contribution >= 0.6 is 0 Å². The second-order valence-corrected chi connectivity index (χ2v) is 6.34. The van der Waals surface area contributed by atoms with E-state index < -0.39 is 0 Å². The van der Waals surface area contributed by atoms with Crippen LogP contribution in [0.5, 0.6) is 0 Å². The number of hydrogen-bond acceptors (Lipinski definition) is 6. The van der Waals surface area contributed by atoms with Gasteiger partial charge in [-0.3, -0.25) is 4.79 Å². The molecule has 0 unspecified atom stereocenters. The van der Waals surface area contributed by atoms with E-state index in [4.69, 9.17) is 4.52 Å². The molecule has 0 fully saturated rings. The summed E-state index contributed by atoms with van der Waals surface area (Å²) < 4.78 is 5.31. The van der Waals surface area contributed by atoms with Gasteiger partial charge in [0.1, 0.15) is 5.82 Å². The number of hydrogen-bond donors (Lipinski definition) is 2. The number of nitrogens with one attached hydrogen (secondary N) is 2. The highest BCUT2D eigenvalue weighted by molar-refractivity contribution is 5.58. The normalized spacial score (nSPS) is 11.1. The zero-order valence-electron chi connectivity index (χ0n) is 14.8. The summed E-state index contributed by atoms with van der Waals surface area (Å²) >= 11 is 0. The molecule has 0 atom stereocenters. The summed E-state index contributed by atoms with van der Waals surface area (Å²) in [4.78, 5) is 23.6. The minimum atomic E-state index is -0.0837. The second kappa shape index (κ2) is 6.88. The van der Waals surface area contributed by atoms with Crippen molar-refractivity contribution in [3.8, 4) is 11.5 Å². The van der Waals surface area contributed by atoms with Crippen molar-refractivity contribution in [3.63, 3.8) is 0 Å². The van der Waals surface area contributed by atoms with Gasteiger partial charge in [0.05, 0.1) is 0 Å². The lowest BCUT2D eigenvalue weighted by atomic mass is 10.1. The van der Waals surface area contributed by atoms with E-state index in [0.717, 1.165) is 16.8 Å². The molecule has 0 aliphatic rings. The van der Waals surface area contributed by atoms with Crippen LogP contribution in [-0.4, -0.2) is 20.1 Å². The van der Waals surface area contributed by atoms with Gasteiger partial charge in [-0.15, -0.1) is 0 Å². The lowest BCUT2D eigenvalue weighted by Gasteiger charge is -2.09. The predicted octanol–water partition coefficient (Wildman–Crippen LogP) is 3.17. The number of aryl methyl sites for hydroxylation is 2. The van der Waals surface area contributed by atoms with Gasteiger partial charge >= 0.3 is 0 Å². The summed E-state index contributed by atoms with van der Waals surface area (Å²) in [6.45, 7) is 8.20. The average molecular weight is 339 g/mol. The zero-order chi connectivity index (χ0) is 18.0. The summed E-state index contributed by atoms with van der Waals surface area (Å²) in [7, 11) is 0. The van der Waals surface area contributed by atoms with Crippen LogP contribution in [0.15, 0.2) is 33.7 Å². The predicted molar refractivity (Wildman–Crippen MR) is 95.5 cm³/mol. The smallest absolute Gasteiger partial charge is 0.258 e. The highest BCUT2D eigenvalue weighted by atomic mass is 16.5. The molecular formula is C18H21N5O2. The van der Waals surface area contributed by atoms with Crippen molar-refractivity contribution in [2.45, 2.75) is 40.2 Å². The second-order valence-electron chi connectivity index (χ2n) is 6.34. The summed E-state index contributed by atoms with van der Waals surface area (Å²) in [5.41, 5.74) is 3.19. The van der Waals surface area contributed by atoms with Crippen LogP contribution in [0.3, 0.4) is 0 Å². The molecule has 0 saturated carbocycles. The largest absolute Gasteiger partial charge is 0.366 e. The first-order chi connectivity index (χ1) is 11.9. The Hall–Kier alpha value is -2.96. The lowest BCUT2D eigenvalue weighted by Crippen LogP contribution is -2.18. The van der Waals surface area contributed by atoms with E-state index in [-0.39, 0.29) is 11.5 Å². The fraction of sp³-hybridized carbons (Fsp3) is 0.333. The Labute approximate surface area is 145 Å². The quantitative estimate of drug-likeness (QED) is 0.741. The molecule has 3 heterocycles. The summed E-state index contributed by atoms with van der Waals surface area (Å²) in [6.07, 6.45) is 1.67. The molecule has 0 aliphatic heterocycles. The molecule has 7 nitrogen and oxygen atoms in total. The molecule has 2 N–H and O–H groups in total. The van der Waals surface area contributed by atoms with Crippen LogP contribution < -0.4 is 10.9 Å². The molecule has 0 saturated heterocycles. The van der Waals surface area contributed by atoms with Gasteiger partial charge in [-0.2, -0.15) is 4.98 Å². The number of nitrogens with zero attached hydrogens (tertiary/aromatic N) is 3. The molecule has 0 radical (unpaired) electrons. The third kappa shape index (κ3) is 3.76. The maximum absolute atomic E-state index is 12.1. The van der Waals surface area contributed by atoms with Crippen molar-refractivity contribution in [2.24, 2.45) is 0 Å². The first-order valence-electron chi connectivity index (χ1n) is 8.17. The highest BCUT2D eigenvalue weighted by Crippen LogP contribution is 2.21. The third-order valence-corrected chi connectivity index (χ3v) is 3.91. The molecule has 3 aromatic heterocycles. The van der Waals surface area contributed by atoms with Crippen LogP contribution in [0.25, 0.3) is 11.5 Å². The van der Waals surface area contributed by atoms with E-state index in [1.807, 2.05) is 45.9 Å². The Kier molecular flexibility index (Phi) is 4.65. The Bertz CT molecular complexity index is 943. The van der Waals surface area contributed by atoms with Crippen LogP contribution in [-0.2, 0) is 6.54 Å². The van der Waals surface area contributed by atoms with Crippen molar-refractivity contribution in [3.05, 3.63) is 57.4 Å². The van der Waals surface area contributed by atoms with Crippen LogP contribution in [0.4, 0.5) is 5.82 Å². The molecule has 0 bridgehead atoms. The van der Waals surface area contributed by atoms with Gasteiger partial charge in [-0.25, -0.2) is 4.98 Å². The Morgan fingerprint density at radius 2 is 2.08 bits per heavy atom. The van der Waals surface area contributed by atoms with Crippen molar-refractivity contribution in [2.75, 3.05) is 5.32 Å². The molecule has 3 aromatic rings. The summed E-state index contributed by atoms with van der Waals surface area (Å²) in [6, 6.07) is 5.59. The van der Waals surface area contributed by atoms with E-state index in [9.17, 15) is 4.79 Å². The number of aromatic amines is 1. The monoisotopic (exact) mass is 339 g/mol. The molecule has 0 amide bonds. The number of aromatic nitrogens is 4. The molecule has 3 rings (SSSR count). The Morgan fingerprint density at radius 1 is 1.28 bits per heavy atom. The molecule has 130 valence electrons. The standard InChI is InChI=1S/C18H21N5O2/c1-10(2)16-22-18(25-23-16)13-5-6-19-15(8-13)20-9-14-11(3)7-12(4)21-17(14)24/h5-8,10H,9H2,1-4H3,(H,19,20)(H,21,24). The molecule has 0 aliphatic carbocycles. The SMILES string of the molecule is Cc1cc(C)c(CNc2cc(-c3nc(C(C)C)no3)ccn2)c(=O)[nH]1. The summed E-state index contributed by atoms with van der Waals surface area (Å²) in [5.74, 6) is 1.97. The van der Waals surface area contributed by atoms with Gasteiger partial charge in [-0.05, 0) is 37.6 Å². The average Bonchev–Trinajstić information content (AvgIpc) is 3.04. The Morgan fingerprint density at radius 3 is 2.76 bits per heavy atom. The van der Waals surface area contributed by atoms with Crippen LogP contribution in [0.1, 0.15) is 42.4 Å². The van der Waals surface area contributed by atoms with E-state index in [2.05, 4.69) is 25.4 Å². The third-order valence-electron chi connectivity index (χ3n) is 3.91. The van der Waals surface area contributed by atoms with Gasteiger partial charge in [0.15, 0.2) is 5.82 Å². The van der Waals surface area contributed by atoms with E-state index in [1.165, 1.54) is 0 Å². The van der Waals surface area contributed by atoms with E-state index in [1.54, 1.807) is 6.20 Å². The number of pyridine rings is 2. The first kappa shape index (κ1) is 16.9. The van der Waals surface area contributed by atoms with Crippen LogP contribution in [0.2, 0.25) is 0 Å². The maximum Gasteiger partial charge on any atom is 0.258 e. The molecule has 25 heavy (non-hydrogen) atoms. The number of anilines is 1. The van der Waals surface area contributed by atoms with Gasteiger partial charge in [0.25, 0.3) is 11.4 Å². The van der Waals surface area contributed by atoms with Gasteiger partial charge in [-0.1, -0.05) is 19.0 Å². The summed E-state index contributed by atoms with van der Waals surface area (Å²) in [5, 5.41) is 7.16. The van der Waals surface area contributed by atoms with E-state index >= 15 is 0 Å². The zero-order valence-corrected chi connectivity index (χ0v) is 14.8. The molecule has 7 heteroatoms. The van der Waals surface area contributed by atoms with Gasteiger partial charge in [0.2, 0.25) is 0 Å². The number of rotatable bonds is 5. The number of H-pyrrole nitrogens is 1. The fourth-order valence-corrected chi connectivity index (χ4v) is 2.53. The molecule has 0 spiro atoms. The van der Waals surface area contributed by atoms with Crippen molar-refractivity contribution < 1.29 is 4.52 Å². The first-order valence-corrected chi connectivity index (χ1v) is 8.17. The minimum absolute atomic E-state index is 0.0837. The van der Waals surface area contributed by atoms with Gasteiger partial charge in [0, 0.05) is 35.5 Å². The minimum Gasteiger partial charge on any atom is -0.366 e.